The highest BCUT2D eigenvalue weighted by Crippen LogP contribution is 2.40. The second-order valence-corrected chi connectivity index (χ2v) is 15.4. The highest BCUT2D eigenvalue weighted by molar-refractivity contribution is 6.25. The molecule has 5 N–H and O–H groups in total. The lowest BCUT2D eigenvalue weighted by Crippen LogP contribution is -2.48. The molecule has 16 heteroatoms. The molecule has 0 radical (unpaired) electrons. The van der Waals surface area contributed by atoms with Gasteiger partial charge in [0.05, 0.1) is 17.2 Å². The molecule has 0 aliphatic carbocycles. The van der Waals surface area contributed by atoms with Crippen molar-refractivity contribution in [2.24, 2.45) is 11.7 Å². The van der Waals surface area contributed by atoms with Gasteiger partial charge in [-0.15, -0.1) is 0 Å². The molecule has 1 fully saturated rings. The number of nitrogens with two attached hydrogens (primary N) is 1. The molecule has 0 bridgehead atoms. The van der Waals surface area contributed by atoms with Crippen LogP contribution >= 0.6 is 0 Å². The number of fused-ring (bicyclic) bond motifs is 2. The predicted molar refractivity (Wildman–Crippen MR) is 225 cm³/mol. The number of nitrogens with zero attached hydrogens (tertiary/aromatic N) is 5. The van der Waals surface area contributed by atoms with E-state index < -0.39 is 29.7 Å². The van der Waals surface area contributed by atoms with Gasteiger partial charge in [-0.25, -0.2) is 4.68 Å². The molecule has 16 nitrogen and oxygen atoms in total. The van der Waals surface area contributed by atoms with Gasteiger partial charge in [0.25, 0.3) is 17.7 Å². The van der Waals surface area contributed by atoms with Crippen molar-refractivity contribution in [2.45, 2.75) is 50.6 Å². The Balaban J connectivity index is 0.904. The second kappa shape index (κ2) is 18.6. The number of benzene rings is 3. The number of anilines is 2. The molecule has 1 aromatic heterocycles. The Labute approximate surface area is 348 Å². The van der Waals surface area contributed by atoms with Crippen LogP contribution in [0, 0.1) is 5.92 Å². The molecule has 5 amide bonds. The Hall–Kier alpha value is -6.55. The smallest absolute Gasteiger partial charge is 0.264 e. The third kappa shape index (κ3) is 8.73. The Kier molecular flexibility index (Phi) is 12.9. The van der Waals surface area contributed by atoms with Gasteiger partial charge in [0.2, 0.25) is 11.8 Å². The summed E-state index contributed by atoms with van der Waals surface area (Å²) in [5, 5.41) is 14.1. The zero-order valence-corrected chi connectivity index (χ0v) is 33.9. The minimum Gasteiger partial charge on any atom is -0.457 e. The fourth-order valence-corrected chi connectivity index (χ4v) is 8.46. The summed E-state index contributed by atoms with van der Waals surface area (Å²) in [4.78, 5) is 81.5. The van der Waals surface area contributed by atoms with Crippen molar-refractivity contribution in [2.75, 3.05) is 64.0 Å². The number of carbonyl (C=O) groups excluding carboxylic acids is 6. The molecule has 4 aromatic rings. The number of likely N-dealkylation sites (tertiary alicyclic amines) is 1. The standard InChI is InChI=1S/C44H51N9O7/c1-46-42(57)35(12-7-27-54)52-43(58)32-10-6-11-33(37(32)44(52)59)47-22-26-50(2)23-20-36(55)51-24-18-28(19-25-51)34-17-21-48-41-38(40(45)56)39(49-53(34)41)29-13-15-31(16-14-29)60-30-8-4-3-5-9-30/h3-6,8-11,13-16,27-28,34-35,47-48H,7,12,17-26H2,1-2H3,(H2,45,56)(H,46,57). The minimum absolute atomic E-state index is 0.0280. The number of hydrogen-bond donors (Lipinski definition) is 4. The number of likely N-dealkylation sites (N-methyl/N-ethyl adjacent to an activating group) is 2. The van der Waals surface area contributed by atoms with E-state index in [1.807, 2.05) is 76.1 Å². The lowest BCUT2D eigenvalue weighted by Gasteiger charge is -2.38. The number of primary amides is 1. The summed E-state index contributed by atoms with van der Waals surface area (Å²) in [5.41, 5.74) is 8.48. The molecule has 314 valence electrons. The number of aldehydes is 1. The van der Waals surface area contributed by atoms with Crippen molar-refractivity contribution in [3.05, 3.63) is 89.5 Å². The van der Waals surface area contributed by atoms with Crippen LogP contribution in [0.4, 0.5) is 11.5 Å². The normalized spacial score (nSPS) is 16.8. The van der Waals surface area contributed by atoms with Gasteiger partial charge in [0, 0.05) is 70.4 Å². The van der Waals surface area contributed by atoms with Gasteiger partial charge in [-0.05, 0) is 87.2 Å². The van der Waals surface area contributed by atoms with Gasteiger partial charge >= 0.3 is 0 Å². The van der Waals surface area contributed by atoms with Crippen LogP contribution in [0.1, 0.15) is 75.6 Å². The van der Waals surface area contributed by atoms with Crippen molar-refractivity contribution in [3.63, 3.8) is 0 Å². The molecule has 1 saturated heterocycles. The van der Waals surface area contributed by atoms with Crippen LogP contribution in [-0.2, 0) is 14.4 Å². The monoisotopic (exact) mass is 817 g/mol. The Morgan fingerprint density at radius 2 is 1.70 bits per heavy atom. The van der Waals surface area contributed by atoms with E-state index in [9.17, 15) is 28.8 Å². The van der Waals surface area contributed by atoms with Gasteiger partial charge in [-0.2, -0.15) is 5.10 Å². The summed E-state index contributed by atoms with van der Waals surface area (Å²) < 4.78 is 7.89. The van der Waals surface area contributed by atoms with Crippen molar-refractivity contribution < 1.29 is 33.5 Å². The number of piperidine rings is 1. The zero-order valence-electron chi connectivity index (χ0n) is 33.9. The van der Waals surface area contributed by atoms with Crippen molar-refractivity contribution in [1.29, 1.82) is 0 Å². The van der Waals surface area contributed by atoms with Gasteiger partial charge in [-0.3, -0.25) is 28.9 Å². The molecule has 2 unspecified atom stereocenters. The molecular weight excluding hydrogens is 767 g/mol. The largest absolute Gasteiger partial charge is 0.457 e. The number of carbonyl (C=O) groups is 6. The van der Waals surface area contributed by atoms with Gasteiger partial charge in [0.1, 0.15) is 40.9 Å². The highest BCUT2D eigenvalue weighted by Gasteiger charge is 2.44. The van der Waals surface area contributed by atoms with Gasteiger partial charge in [0.15, 0.2) is 0 Å². The maximum Gasteiger partial charge on any atom is 0.264 e. The van der Waals surface area contributed by atoms with Gasteiger partial charge in [-0.1, -0.05) is 24.3 Å². The summed E-state index contributed by atoms with van der Waals surface area (Å²) in [7, 11) is 3.35. The first-order chi connectivity index (χ1) is 29.1. The topological polar surface area (TPSA) is 201 Å². The molecule has 3 aromatic carbocycles. The molecule has 7 rings (SSSR count). The number of hydrogen-bond acceptors (Lipinski definition) is 11. The van der Waals surface area contributed by atoms with Crippen LogP contribution in [0.5, 0.6) is 11.5 Å². The number of para-hydroxylation sites is 1. The van der Waals surface area contributed by atoms with E-state index in [1.54, 1.807) is 18.2 Å². The van der Waals surface area contributed by atoms with Crippen LogP contribution in [-0.4, -0.2) is 120 Å². The summed E-state index contributed by atoms with van der Waals surface area (Å²) >= 11 is 0. The maximum atomic E-state index is 13.5. The average Bonchev–Trinajstić information content (AvgIpc) is 3.78. The van der Waals surface area contributed by atoms with E-state index >= 15 is 0 Å². The molecule has 60 heavy (non-hydrogen) atoms. The SMILES string of the molecule is CNC(=O)C(CCC=O)N1C(=O)c2cccc(NCCN(C)CCC(=O)N3CCC(C4CCNc5c(C(N)=O)c(-c6ccc(Oc7ccccc7)cc6)nn54)CC3)c2C1=O. The fraction of sp³-hybridized carbons (Fsp3) is 0.386. The van der Waals surface area contributed by atoms with Crippen molar-refractivity contribution in [3.8, 4) is 22.8 Å². The summed E-state index contributed by atoms with van der Waals surface area (Å²) in [5.74, 6) is 0.154. The first-order valence-electron chi connectivity index (χ1n) is 20.4. The number of aromatic nitrogens is 2. The summed E-state index contributed by atoms with van der Waals surface area (Å²) in [6.45, 7) is 3.48. The Bertz CT molecular complexity index is 2240. The van der Waals surface area contributed by atoms with E-state index in [-0.39, 0.29) is 41.8 Å². The van der Waals surface area contributed by atoms with E-state index in [4.69, 9.17) is 15.6 Å². The van der Waals surface area contributed by atoms with Crippen LogP contribution in [0.25, 0.3) is 11.3 Å². The molecular formula is C44H51N9O7. The molecule has 3 aliphatic heterocycles. The van der Waals surface area contributed by atoms with E-state index in [0.717, 1.165) is 35.5 Å². The van der Waals surface area contributed by atoms with E-state index in [0.29, 0.717) is 80.5 Å². The fourth-order valence-electron chi connectivity index (χ4n) is 8.46. The zero-order chi connectivity index (χ0) is 42.3. The Morgan fingerprint density at radius 3 is 2.40 bits per heavy atom. The number of amides is 5. The summed E-state index contributed by atoms with van der Waals surface area (Å²) in [6.07, 6.45) is 3.52. The minimum atomic E-state index is -1.09. The van der Waals surface area contributed by atoms with Crippen molar-refractivity contribution >= 4 is 47.3 Å². The number of imide groups is 1. The molecule has 0 saturated carbocycles. The van der Waals surface area contributed by atoms with Crippen LogP contribution < -0.4 is 26.4 Å². The average molecular weight is 818 g/mol. The van der Waals surface area contributed by atoms with E-state index in [1.165, 1.54) is 7.05 Å². The van der Waals surface area contributed by atoms with Crippen molar-refractivity contribution in [1.82, 2.24) is 29.8 Å². The highest BCUT2D eigenvalue weighted by atomic mass is 16.5. The lowest BCUT2D eigenvalue weighted by molar-refractivity contribution is -0.133. The van der Waals surface area contributed by atoms with Crippen LogP contribution in [0.3, 0.4) is 0 Å². The number of rotatable bonds is 17. The third-order valence-corrected chi connectivity index (χ3v) is 11.6. The lowest BCUT2D eigenvalue weighted by atomic mass is 9.86. The predicted octanol–water partition coefficient (Wildman–Crippen LogP) is 4.16. The second-order valence-electron chi connectivity index (χ2n) is 15.4. The number of ether oxygens (including phenoxy) is 1. The van der Waals surface area contributed by atoms with Crippen LogP contribution in [0.15, 0.2) is 72.8 Å². The van der Waals surface area contributed by atoms with E-state index in [2.05, 4.69) is 16.0 Å². The quantitative estimate of drug-likeness (QED) is 0.0881. The number of nitrogens with one attached hydrogen (secondary N) is 3. The Morgan fingerprint density at radius 1 is 0.967 bits per heavy atom. The molecule has 4 heterocycles. The summed E-state index contributed by atoms with van der Waals surface area (Å²) in [6, 6.07) is 20.9. The first kappa shape index (κ1) is 41.6. The maximum absolute atomic E-state index is 13.5. The first-order valence-corrected chi connectivity index (χ1v) is 20.4. The van der Waals surface area contributed by atoms with Gasteiger partial charge < -0.3 is 41.0 Å². The molecule has 0 spiro atoms. The molecule has 3 aliphatic rings. The molecule has 2 atom stereocenters. The van der Waals surface area contributed by atoms with Crippen LogP contribution in [0.2, 0.25) is 0 Å². The third-order valence-electron chi connectivity index (χ3n) is 11.6.